The van der Waals surface area contributed by atoms with Crippen LogP contribution in [0.25, 0.3) is 0 Å². The molecule has 4 aliphatic heterocycles. The molecule has 0 spiro atoms. The van der Waals surface area contributed by atoms with Crippen LogP contribution in [0.15, 0.2) is 0 Å². The number of rotatable bonds is 18. The molecule has 0 bridgehead atoms. The van der Waals surface area contributed by atoms with Crippen molar-refractivity contribution in [1.82, 2.24) is 10.6 Å². The predicted octanol–water partition coefficient (Wildman–Crippen LogP) is -11.0. The van der Waals surface area contributed by atoms with Gasteiger partial charge in [-0.3, -0.25) is 9.59 Å². The summed E-state index contributed by atoms with van der Waals surface area (Å²) in [6.07, 6.45) is -39.8. The molecule has 2 amide bonds. The van der Waals surface area contributed by atoms with Crippen LogP contribution in [0.1, 0.15) is 20.8 Å². The Morgan fingerprint density at radius 3 is 1.64 bits per heavy atom. The molecule has 356 valence electrons. The Labute approximate surface area is 347 Å². The van der Waals surface area contributed by atoms with E-state index in [4.69, 9.17) is 37.9 Å². The Kier molecular flexibility index (Phi) is 19.3. The van der Waals surface area contributed by atoms with Crippen molar-refractivity contribution in [2.45, 2.75) is 168 Å². The quantitative estimate of drug-likeness (QED) is 0.0607. The second-order valence-corrected chi connectivity index (χ2v) is 15.2. The predicted molar refractivity (Wildman–Crippen MR) is 191 cm³/mol. The highest BCUT2D eigenvalue weighted by atomic mass is 16.8. The number of aliphatic hydroxyl groups is 15. The first-order chi connectivity index (χ1) is 28.7. The fourth-order valence-electron chi connectivity index (χ4n) is 7.26. The summed E-state index contributed by atoms with van der Waals surface area (Å²) < 4.78 is 45.0. The van der Waals surface area contributed by atoms with Gasteiger partial charge < -0.3 is 125 Å². The molecule has 4 heterocycles. The Hall–Kier alpha value is -1.98. The monoisotopic (exact) mass is 896 g/mol. The van der Waals surface area contributed by atoms with E-state index < -0.39 is 192 Å². The van der Waals surface area contributed by atoms with E-state index in [1.165, 1.54) is 6.92 Å². The molecule has 24 atom stereocenters. The molecule has 0 aromatic carbocycles. The summed E-state index contributed by atoms with van der Waals surface area (Å²) in [5.41, 5.74) is 0. The molecule has 61 heavy (non-hydrogen) atoms. The van der Waals surface area contributed by atoms with Crippen LogP contribution in [0.4, 0.5) is 0 Å². The summed E-state index contributed by atoms with van der Waals surface area (Å²) in [6.45, 7) is -1.26. The van der Waals surface area contributed by atoms with Gasteiger partial charge in [-0.25, -0.2) is 0 Å². The van der Waals surface area contributed by atoms with Crippen LogP contribution in [0.3, 0.4) is 0 Å². The van der Waals surface area contributed by atoms with E-state index in [1.54, 1.807) is 0 Å². The van der Waals surface area contributed by atoms with E-state index in [0.29, 0.717) is 0 Å². The van der Waals surface area contributed by atoms with Crippen molar-refractivity contribution >= 4 is 11.8 Å². The van der Waals surface area contributed by atoms with E-state index >= 15 is 0 Å². The molecule has 0 saturated carbocycles. The van der Waals surface area contributed by atoms with Crippen molar-refractivity contribution in [2.24, 2.45) is 0 Å². The van der Waals surface area contributed by atoms with Gasteiger partial charge in [0.05, 0.1) is 45.2 Å². The van der Waals surface area contributed by atoms with Gasteiger partial charge in [-0.15, -0.1) is 0 Å². The Balaban J connectivity index is 1.56. The Morgan fingerprint density at radius 1 is 0.590 bits per heavy atom. The molecular weight excluding hydrogens is 836 g/mol. The molecule has 4 aliphatic rings. The molecule has 17 N–H and O–H groups in total. The normalized spacial score (nSPS) is 44.1. The Bertz CT molecular complexity index is 1370. The third-order valence-corrected chi connectivity index (χ3v) is 10.7. The minimum absolute atomic E-state index is 0.769. The maximum atomic E-state index is 12.2. The van der Waals surface area contributed by atoms with Gasteiger partial charge in [-0.05, 0) is 6.92 Å². The van der Waals surface area contributed by atoms with E-state index in [2.05, 4.69) is 10.6 Å². The minimum Gasteiger partial charge on any atom is -0.394 e. The number of carbonyl (C=O) groups is 2. The van der Waals surface area contributed by atoms with E-state index in [0.717, 1.165) is 13.8 Å². The lowest BCUT2D eigenvalue weighted by molar-refractivity contribution is -0.373. The second-order valence-electron chi connectivity index (χ2n) is 15.2. The summed E-state index contributed by atoms with van der Waals surface area (Å²) >= 11 is 0. The number of nitrogens with one attached hydrogen (secondary N) is 2. The summed E-state index contributed by atoms with van der Waals surface area (Å²) in [5, 5.41) is 162. The summed E-state index contributed by atoms with van der Waals surface area (Å²) in [5.74, 6) is -1.56. The number of hydrogen-bond acceptors (Lipinski definition) is 25. The van der Waals surface area contributed by atoms with Crippen molar-refractivity contribution in [3.63, 3.8) is 0 Å². The molecule has 4 fully saturated rings. The van der Waals surface area contributed by atoms with Crippen molar-refractivity contribution in [3.05, 3.63) is 0 Å². The highest BCUT2D eigenvalue weighted by Gasteiger charge is 2.54. The fraction of sp³-hybridized carbons (Fsp3) is 0.941. The van der Waals surface area contributed by atoms with Gasteiger partial charge in [0.25, 0.3) is 0 Å². The van der Waals surface area contributed by atoms with Crippen molar-refractivity contribution in [1.29, 1.82) is 0 Å². The minimum atomic E-state index is -2.23. The molecule has 4 saturated heterocycles. The first-order valence-corrected chi connectivity index (χ1v) is 19.4. The van der Waals surface area contributed by atoms with Gasteiger partial charge in [0.2, 0.25) is 11.8 Å². The highest BCUT2D eigenvalue weighted by molar-refractivity contribution is 5.73. The van der Waals surface area contributed by atoms with Gasteiger partial charge >= 0.3 is 0 Å². The molecule has 4 rings (SSSR count). The van der Waals surface area contributed by atoms with Gasteiger partial charge in [0.15, 0.2) is 25.2 Å². The third kappa shape index (κ3) is 12.0. The van der Waals surface area contributed by atoms with Crippen LogP contribution in [-0.2, 0) is 47.5 Å². The zero-order chi connectivity index (χ0) is 45.6. The van der Waals surface area contributed by atoms with Crippen molar-refractivity contribution < 1.29 is 124 Å². The molecule has 0 aromatic rings. The average Bonchev–Trinajstić information content (AvgIpc) is 3.22. The van der Waals surface area contributed by atoms with Crippen LogP contribution in [0.5, 0.6) is 0 Å². The zero-order valence-electron chi connectivity index (χ0n) is 33.2. The molecule has 24 unspecified atom stereocenters. The van der Waals surface area contributed by atoms with Gasteiger partial charge in [0, 0.05) is 13.8 Å². The topological polar surface area (TPSA) is 435 Å². The number of hydrogen-bond donors (Lipinski definition) is 17. The Morgan fingerprint density at radius 2 is 1.10 bits per heavy atom. The van der Waals surface area contributed by atoms with Gasteiger partial charge in [0.1, 0.15) is 110 Å². The zero-order valence-corrected chi connectivity index (χ0v) is 33.2. The lowest BCUT2D eigenvalue weighted by Crippen LogP contribution is -2.68. The standard InChI is InChI=1S/C34H60N2O25/c1-9-18(44)23(49)26(52)32(55-9)61-30-25(51)21(47)15(6-39)57-34(30)59-28(12(4-37)35-10(2)41)19(45)13(43)8-54-31-17(36-11(3)42)22(48)29(16(7-40)58-31)60-33-27(53)24(50)20(46)14(5-38)56-33/h9,12-34,37-40,43-53H,4-8H2,1-3H3,(H,35,41)(H,36,42). The maximum Gasteiger partial charge on any atom is 0.217 e. The smallest absolute Gasteiger partial charge is 0.217 e. The molecule has 0 radical (unpaired) electrons. The van der Waals surface area contributed by atoms with E-state index in [-0.39, 0.29) is 0 Å². The van der Waals surface area contributed by atoms with Crippen LogP contribution >= 0.6 is 0 Å². The first kappa shape index (κ1) is 51.7. The SMILES string of the molecule is CC(=O)NC(CO)C(OC1OC(CO)C(O)C(O)C1OC1OC(C)C(O)C(O)C1O)C(O)C(O)COC1OC(CO)C(OC2OC(CO)C(O)C(O)C2O)C(O)C1NC(C)=O. The summed E-state index contributed by atoms with van der Waals surface area (Å²) in [4.78, 5) is 24.4. The first-order valence-electron chi connectivity index (χ1n) is 19.4. The van der Waals surface area contributed by atoms with Crippen LogP contribution in [0.2, 0.25) is 0 Å². The van der Waals surface area contributed by atoms with Gasteiger partial charge in [-0.1, -0.05) is 0 Å². The molecular formula is C34H60N2O25. The van der Waals surface area contributed by atoms with Crippen LogP contribution in [-0.4, -0.2) is 269 Å². The lowest BCUT2D eigenvalue weighted by Gasteiger charge is -2.47. The lowest BCUT2D eigenvalue weighted by atomic mass is 9.95. The van der Waals surface area contributed by atoms with Crippen molar-refractivity contribution in [2.75, 3.05) is 33.0 Å². The largest absolute Gasteiger partial charge is 0.394 e. The number of carbonyl (C=O) groups excluding carboxylic acids is 2. The van der Waals surface area contributed by atoms with E-state index in [9.17, 15) is 86.2 Å². The van der Waals surface area contributed by atoms with E-state index in [1.807, 2.05) is 0 Å². The number of aliphatic hydroxyl groups excluding tert-OH is 15. The number of amides is 2. The molecule has 0 aromatic heterocycles. The van der Waals surface area contributed by atoms with Crippen LogP contribution < -0.4 is 10.6 Å². The maximum absolute atomic E-state index is 12.2. The third-order valence-electron chi connectivity index (χ3n) is 10.7. The molecule has 0 aliphatic carbocycles. The van der Waals surface area contributed by atoms with Crippen molar-refractivity contribution in [3.8, 4) is 0 Å². The average molecular weight is 897 g/mol. The summed E-state index contributed by atoms with van der Waals surface area (Å²) in [7, 11) is 0. The second kappa shape index (κ2) is 22.8. The summed E-state index contributed by atoms with van der Waals surface area (Å²) in [6, 6.07) is -3.22. The fourth-order valence-corrected chi connectivity index (χ4v) is 7.26. The number of ether oxygens (including phenoxy) is 8. The highest BCUT2D eigenvalue weighted by Crippen LogP contribution is 2.33. The van der Waals surface area contributed by atoms with Crippen LogP contribution in [0, 0.1) is 0 Å². The van der Waals surface area contributed by atoms with Gasteiger partial charge in [-0.2, -0.15) is 0 Å². The molecule has 27 heteroatoms. The molecule has 27 nitrogen and oxygen atoms in total.